The molecule has 4 rings (SSSR count). The number of fused-ring (bicyclic) bond motifs is 1. The van der Waals surface area contributed by atoms with Crippen LogP contribution in [0.1, 0.15) is 5.56 Å². The lowest BCUT2D eigenvalue weighted by Crippen LogP contribution is -2.23. The smallest absolute Gasteiger partial charge is 0.281 e. The molecule has 3 aromatic carbocycles. The summed E-state index contributed by atoms with van der Waals surface area (Å²) in [6.45, 7) is 0. The quantitative estimate of drug-likeness (QED) is 0.379. The van der Waals surface area contributed by atoms with Gasteiger partial charge in [0.25, 0.3) is 5.22 Å². The number of aliphatic carboxylic acids is 1. The predicted molar refractivity (Wildman–Crippen MR) is 102 cm³/mol. The minimum absolute atomic E-state index is 0.0509. The minimum atomic E-state index is -1.35. The molecule has 0 spiro atoms. The lowest BCUT2D eigenvalue weighted by atomic mass is 10.0. The summed E-state index contributed by atoms with van der Waals surface area (Å²) in [4.78, 5) is 11.6. The molecule has 1 aromatic heterocycles. The zero-order valence-electron chi connectivity index (χ0n) is 14.3. The van der Waals surface area contributed by atoms with E-state index in [9.17, 15) is 14.3 Å². The summed E-state index contributed by atoms with van der Waals surface area (Å²) in [5.41, 5.74) is 1.27. The fourth-order valence-corrected chi connectivity index (χ4v) is 3.36. The van der Waals surface area contributed by atoms with Gasteiger partial charge in [0.2, 0.25) is 5.89 Å². The third kappa shape index (κ3) is 3.79. The number of aromatic nitrogens is 2. The number of halogens is 1. The van der Waals surface area contributed by atoms with Gasteiger partial charge in [-0.05, 0) is 58.4 Å². The average molecular weight is 391 g/mol. The molecule has 0 aliphatic rings. The summed E-state index contributed by atoms with van der Waals surface area (Å²) in [6, 6.07) is 18.9. The van der Waals surface area contributed by atoms with Crippen LogP contribution < -0.4 is 5.11 Å². The van der Waals surface area contributed by atoms with Crippen LogP contribution in [-0.4, -0.2) is 16.2 Å². The fraction of sp³-hybridized carbons (Fsp3) is 0. The Kier molecular flexibility index (Phi) is 4.90. The van der Waals surface area contributed by atoms with E-state index in [2.05, 4.69) is 10.2 Å². The van der Waals surface area contributed by atoms with Crippen molar-refractivity contribution in [2.75, 3.05) is 0 Å². The number of thioether (sulfide) groups is 1. The summed E-state index contributed by atoms with van der Waals surface area (Å²) in [5, 5.41) is 21.3. The van der Waals surface area contributed by atoms with E-state index < -0.39 is 5.97 Å². The molecule has 0 atom stereocenters. The van der Waals surface area contributed by atoms with Crippen LogP contribution in [-0.2, 0) is 4.79 Å². The number of rotatable bonds is 5. The van der Waals surface area contributed by atoms with Crippen molar-refractivity contribution in [1.29, 1.82) is 0 Å². The van der Waals surface area contributed by atoms with Gasteiger partial charge in [0.15, 0.2) is 0 Å². The average Bonchev–Trinajstić information content (AvgIpc) is 3.17. The number of carboxylic acids is 1. The minimum Gasteiger partial charge on any atom is -0.544 e. The van der Waals surface area contributed by atoms with Gasteiger partial charge < -0.3 is 14.3 Å². The highest BCUT2D eigenvalue weighted by atomic mass is 32.2. The highest BCUT2D eigenvalue weighted by Gasteiger charge is 2.13. The maximum Gasteiger partial charge on any atom is 0.281 e. The third-order valence-corrected chi connectivity index (χ3v) is 4.85. The first kappa shape index (κ1) is 17.9. The predicted octanol–water partition coefficient (Wildman–Crippen LogP) is 3.91. The molecular formula is C21H12FN2O3S-. The van der Waals surface area contributed by atoms with E-state index >= 15 is 0 Å². The maximum atomic E-state index is 13.0. The Morgan fingerprint density at radius 1 is 1.00 bits per heavy atom. The summed E-state index contributed by atoms with van der Waals surface area (Å²) >= 11 is 0.804. The van der Waals surface area contributed by atoms with Crippen LogP contribution in [0.3, 0.4) is 0 Å². The molecule has 0 unspecified atom stereocenters. The summed E-state index contributed by atoms with van der Waals surface area (Å²) < 4.78 is 18.5. The van der Waals surface area contributed by atoms with Gasteiger partial charge in [-0.15, -0.1) is 10.2 Å². The van der Waals surface area contributed by atoms with Gasteiger partial charge in [0, 0.05) is 10.5 Å². The van der Waals surface area contributed by atoms with Crippen molar-refractivity contribution < 1.29 is 18.7 Å². The number of carbonyl (C=O) groups excluding carboxylic acids is 1. The number of carboxylic acid groups (broad SMARTS) is 1. The molecule has 4 aromatic rings. The summed E-state index contributed by atoms with van der Waals surface area (Å²) in [7, 11) is 0. The Bertz CT molecular complexity index is 1180. The van der Waals surface area contributed by atoms with Crippen molar-refractivity contribution in [2.24, 2.45) is 0 Å². The van der Waals surface area contributed by atoms with Gasteiger partial charge in [-0.2, -0.15) is 0 Å². The molecule has 28 heavy (non-hydrogen) atoms. The van der Waals surface area contributed by atoms with E-state index in [0.29, 0.717) is 5.56 Å². The monoisotopic (exact) mass is 391 g/mol. The number of hydrogen-bond donors (Lipinski definition) is 0. The Hall–Kier alpha value is -3.45. The first-order valence-corrected chi connectivity index (χ1v) is 9.10. The normalized spacial score (nSPS) is 11.7. The van der Waals surface area contributed by atoms with Crippen molar-refractivity contribution in [2.45, 2.75) is 5.22 Å². The maximum absolute atomic E-state index is 13.0. The van der Waals surface area contributed by atoms with Gasteiger partial charge >= 0.3 is 0 Å². The van der Waals surface area contributed by atoms with Crippen molar-refractivity contribution >= 4 is 34.6 Å². The van der Waals surface area contributed by atoms with Crippen LogP contribution in [0.25, 0.3) is 28.3 Å². The van der Waals surface area contributed by atoms with Gasteiger partial charge in [-0.1, -0.05) is 42.5 Å². The van der Waals surface area contributed by atoms with Crippen molar-refractivity contribution in [1.82, 2.24) is 10.2 Å². The van der Waals surface area contributed by atoms with Crippen LogP contribution >= 0.6 is 11.8 Å². The Labute approximate surface area is 163 Å². The van der Waals surface area contributed by atoms with E-state index in [0.717, 1.165) is 28.1 Å². The van der Waals surface area contributed by atoms with Crippen LogP contribution in [0.2, 0.25) is 0 Å². The van der Waals surface area contributed by atoms with E-state index in [1.165, 1.54) is 30.3 Å². The lowest BCUT2D eigenvalue weighted by molar-refractivity contribution is -0.298. The van der Waals surface area contributed by atoms with Gasteiger partial charge in [-0.3, -0.25) is 0 Å². The second kappa shape index (κ2) is 7.66. The highest BCUT2D eigenvalue weighted by Crippen LogP contribution is 2.31. The zero-order valence-corrected chi connectivity index (χ0v) is 15.2. The zero-order chi connectivity index (χ0) is 19.5. The van der Waals surface area contributed by atoms with Crippen LogP contribution in [0, 0.1) is 5.82 Å². The first-order chi connectivity index (χ1) is 13.6. The van der Waals surface area contributed by atoms with Crippen molar-refractivity contribution in [3.8, 4) is 11.5 Å². The van der Waals surface area contributed by atoms with E-state index in [-0.39, 0.29) is 21.8 Å². The van der Waals surface area contributed by atoms with Gasteiger partial charge in [0.1, 0.15) is 5.82 Å². The lowest BCUT2D eigenvalue weighted by Gasteiger charge is -2.07. The van der Waals surface area contributed by atoms with Crippen LogP contribution in [0.5, 0.6) is 0 Å². The van der Waals surface area contributed by atoms with Crippen molar-refractivity contribution in [3.63, 3.8) is 0 Å². The SMILES string of the molecule is O=C([O-])/C(=C\c1cccc2ccccc12)Sc1nnc(-c2ccc(F)cc2)o1. The number of benzene rings is 3. The van der Waals surface area contributed by atoms with Gasteiger partial charge in [-0.25, -0.2) is 4.39 Å². The fourth-order valence-electron chi connectivity index (χ4n) is 2.70. The Morgan fingerprint density at radius 3 is 2.54 bits per heavy atom. The molecule has 5 nitrogen and oxygen atoms in total. The molecule has 0 saturated heterocycles. The molecule has 0 bridgehead atoms. The second-order valence-electron chi connectivity index (χ2n) is 5.85. The van der Waals surface area contributed by atoms with Crippen molar-refractivity contribution in [3.05, 3.63) is 83.0 Å². The third-order valence-electron chi connectivity index (χ3n) is 4.01. The molecule has 0 N–H and O–H groups in total. The van der Waals surface area contributed by atoms with Crippen LogP contribution in [0.15, 0.2) is 81.3 Å². The van der Waals surface area contributed by atoms with Crippen LogP contribution in [0.4, 0.5) is 4.39 Å². The molecule has 0 aliphatic carbocycles. The molecule has 0 aliphatic heterocycles. The number of nitrogens with zero attached hydrogens (tertiary/aromatic N) is 2. The Balaban J connectivity index is 1.65. The molecule has 0 fully saturated rings. The molecule has 0 amide bonds. The summed E-state index contributed by atoms with van der Waals surface area (Å²) in [5.74, 6) is -1.56. The standard InChI is InChI=1S/C21H13FN2O3S/c22-16-10-8-14(9-11-16)19-23-24-21(27-19)28-18(20(25)26)12-15-6-3-5-13-4-1-2-7-17(13)15/h1-12H,(H,25,26)/p-1/b18-12+. The van der Waals surface area contributed by atoms with E-state index in [1.54, 1.807) is 0 Å². The second-order valence-corrected chi connectivity index (χ2v) is 6.84. The number of hydrogen-bond acceptors (Lipinski definition) is 6. The largest absolute Gasteiger partial charge is 0.544 e. The molecule has 0 radical (unpaired) electrons. The summed E-state index contributed by atoms with van der Waals surface area (Å²) in [6.07, 6.45) is 1.52. The highest BCUT2D eigenvalue weighted by molar-refractivity contribution is 8.03. The van der Waals surface area contributed by atoms with Gasteiger partial charge in [0.05, 0.1) is 5.97 Å². The molecular weight excluding hydrogens is 379 g/mol. The number of carbonyl (C=O) groups is 1. The molecule has 1 heterocycles. The first-order valence-electron chi connectivity index (χ1n) is 8.28. The Morgan fingerprint density at radius 2 is 1.75 bits per heavy atom. The van der Waals surface area contributed by atoms with E-state index in [4.69, 9.17) is 4.42 Å². The molecule has 138 valence electrons. The molecule has 7 heteroatoms. The molecule has 0 saturated carbocycles. The topological polar surface area (TPSA) is 79.0 Å². The van der Waals surface area contributed by atoms with E-state index in [1.807, 2.05) is 42.5 Å².